The van der Waals surface area contributed by atoms with Crippen LogP contribution in [0.1, 0.15) is 15.6 Å². The fraction of sp³-hybridized carbons (Fsp3) is 0.727. The lowest BCUT2D eigenvalue weighted by Crippen LogP contribution is -2.07. The van der Waals surface area contributed by atoms with Gasteiger partial charge in [-0.2, -0.15) is 0 Å². The van der Waals surface area contributed by atoms with Gasteiger partial charge in [0.2, 0.25) is 0 Å². The first-order valence-electron chi connectivity index (χ1n) is 5.64. The molecule has 0 aliphatic rings. The van der Waals surface area contributed by atoms with Gasteiger partial charge in [-0.25, -0.2) is 13.8 Å². The number of ether oxygens (including phenoxy) is 2. The van der Waals surface area contributed by atoms with Crippen LogP contribution in [0.25, 0.3) is 0 Å². The molecule has 0 saturated carbocycles. The molecule has 4 nitrogen and oxygen atoms in total. The molecule has 0 bridgehead atoms. The molecule has 7 heteroatoms. The number of hydrogen-bond acceptors (Lipinski definition) is 5. The van der Waals surface area contributed by atoms with Crippen molar-refractivity contribution in [1.29, 1.82) is 0 Å². The highest BCUT2D eigenvalue weighted by Gasteiger charge is 2.10. The lowest BCUT2D eigenvalue weighted by Gasteiger charge is -2.00. The largest absolute Gasteiger partial charge is 0.378 e. The van der Waals surface area contributed by atoms with Crippen molar-refractivity contribution in [3.05, 3.63) is 15.6 Å². The van der Waals surface area contributed by atoms with Crippen molar-refractivity contribution < 1.29 is 18.3 Å². The second-order valence-electron chi connectivity index (χ2n) is 3.66. The first-order valence-corrected chi connectivity index (χ1v) is 6.46. The summed E-state index contributed by atoms with van der Waals surface area (Å²) in [5, 5.41) is 3.95. The van der Waals surface area contributed by atoms with E-state index in [-0.39, 0.29) is 6.61 Å². The number of alkyl halides is 2. The number of nitrogens with one attached hydrogen (secondary N) is 1. The maximum atomic E-state index is 11.9. The molecular weight excluding hydrogens is 262 g/mol. The monoisotopic (exact) mass is 280 g/mol. The van der Waals surface area contributed by atoms with E-state index in [0.29, 0.717) is 13.0 Å². The summed E-state index contributed by atoms with van der Waals surface area (Å²) >= 11 is 1.56. The third kappa shape index (κ3) is 5.34. The zero-order chi connectivity index (χ0) is 13.4. The number of thiazole rings is 1. The summed E-state index contributed by atoms with van der Waals surface area (Å²) in [5.41, 5.74) is 0.903. The number of aromatic nitrogens is 1. The molecule has 0 atom stereocenters. The number of methoxy groups -OCH3 is 1. The molecule has 1 rings (SSSR count). The second-order valence-corrected chi connectivity index (χ2v) is 4.82. The number of rotatable bonds is 9. The Labute approximate surface area is 109 Å². The fourth-order valence-electron chi connectivity index (χ4n) is 1.42. The van der Waals surface area contributed by atoms with Gasteiger partial charge in [0.05, 0.1) is 23.9 Å². The van der Waals surface area contributed by atoms with E-state index in [2.05, 4.69) is 10.3 Å². The summed E-state index contributed by atoms with van der Waals surface area (Å²) in [4.78, 5) is 5.54. The van der Waals surface area contributed by atoms with Crippen LogP contribution in [-0.4, -0.2) is 38.8 Å². The smallest absolute Gasteiger partial charge is 0.261 e. The Hall–Kier alpha value is -0.630. The minimum Gasteiger partial charge on any atom is -0.378 e. The van der Waals surface area contributed by atoms with Gasteiger partial charge in [-0.15, -0.1) is 11.3 Å². The van der Waals surface area contributed by atoms with Gasteiger partial charge < -0.3 is 14.8 Å². The summed E-state index contributed by atoms with van der Waals surface area (Å²) in [5.74, 6) is 0. The molecule has 0 unspecified atom stereocenters. The van der Waals surface area contributed by atoms with Crippen LogP contribution in [0.15, 0.2) is 0 Å². The van der Waals surface area contributed by atoms with Crippen molar-refractivity contribution in [2.24, 2.45) is 0 Å². The van der Waals surface area contributed by atoms with Gasteiger partial charge in [0.1, 0.15) is 6.61 Å². The molecule has 0 aliphatic carbocycles. The van der Waals surface area contributed by atoms with Crippen molar-refractivity contribution in [3.8, 4) is 0 Å². The van der Waals surface area contributed by atoms with Crippen LogP contribution in [0.2, 0.25) is 0 Å². The van der Waals surface area contributed by atoms with E-state index in [1.165, 1.54) is 0 Å². The van der Waals surface area contributed by atoms with Gasteiger partial charge in [0.25, 0.3) is 6.43 Å². The highest BCUT2D eigenvalue weighted by Crippen LogP contribution is 2.20. The van der Waals surface area contributed by atoms with Gasteiger partial charge in [-0.05, 0) is 7.05 Å². The minimum absolute atomic E-state index is 0.267. The van der Waals surface area contributed by atoms with E-state index in [9.17, 15) is 8.78 Å². The van der Waals surface area contributed by atoms with E-state index >= 15 is 0 Å². The van der Waals surface area contributed by atoms with Crippen LogP contribution in [-0.2, 0) is 29.0 Å². The van der Waals surface area contributed by atoms with E-state index in [4.69, 9.17) is 9.47 Å². The second kappa shape index (κ2) is 8.47. The van der Waals surface area contributed by atoms with Crippen LogP contribution in [0.3, 0.4) is 0 Å². The number of hydrogen-bond donors (Lipinski definition) is 1. The molecule has 104 valence electrons. The minimum atomic E-state index is -2.41. The number of nitrogens with zero attached hydrogens (tertiary/aromatic N) is 1. The molecule has 0 radical (unpaired) electrons. The standard InChI is InChI=1S/C11H18F2N2O2S/c1-14-5-9-8(6-16-2)15-11(18-9)3-4-17-7-10(12)13/h10,14H,3-7H2,1-2H3. The molecule has 0 saturated heterocycles. The molecular formula is C11H18F2N2O2S. The lowest BCUT2D eigenvalue weighted by atomic mass is 10.3. The lowest BCUT2D eigenvalue weighted by molar-refractivity contribution is 0.0187. The molecule has 0 amide bonds. The molecule has 0 fully saturated rings. The predicted octanol–water partition coefficient (Wildman–Crippen LogP) is 1.83. The Kier molecular flexibility index (Phi) is 7.26. The van der Waals surface area contributed by atoms with E-state index < -0.39 is 13.0 Å². The van der Waals surface area contributed by atoms with Crippen molar-refractivity contribution >= 4 is 11.3 Å². The van der Waals surface area contributed by atoms with E-state index in [1.807, 2.05) is 7.05 Å². The summed E-state index contributed by atoms with van der Waals surface area (Å²) in [7, 11) is 3.48. The summed E-state index contributed by atoms with van der Waals surface area (Å²) in [6.45, 7) is 0.947. The topological polar surface area (TPSA) is 43.4 Å². The van der Waals surface area contributed by atoms with Crippen LogP contribution in [0.5, 0.6) is 0 Å². The first kappa shape index (κ1) is 15.4. The molecule has 1 aromatic rings. The van der Waals surface area contributed by atoms with Gasteiger partial charge in [0, 0.05) is 25.0 Å². The Morgan fingerprint density at radius 3 is 2.83 bits per heavy atom. The van der Waals surface area contributed by atoms with Gasteiger partial charge in [-0.1, -0.05) is 0 Å². The highest BCUT2D eigenvalue weighted by molar-refractivity contribution is 7.11. The van der Waals surface area contributed by atoms with Gasteiger partial charge in [-0.3, -0.25) is 0 Å². The molecule has 0 aliphatic heterocycles. The highest BCUT2D eigenvalue weighted by atomic mass is 32.1. The van der Waals surface area contributed by atoms with Crippen LogP contribution >= 0.6 is 11.3 Å². The molecule has 18 heavy (non-hydrogen) atoms. The van der Waals surface area contributed by atoms with Crippen LogP contribution in [0, 0.1) is 0 Å². The van der Waals surface area contributed by atoms with Gasteiger partial charge in [0.15, 0.2) is 0 Å². The predicted molar refractivity (Wildman–Crippen MR) is 66.1 cm³/mol. The third-order valence-corrected chi connectivity index (χ3v) is 3.30. The van der Waals surface area contributed by atoms with Crippen molar-refractivity contribution in [3.63, 3.8) is 0 Å². The Bertz CT molecular complexity index is 324. The maximum absolute atomic E-state index is 11.9. The van der Waals surface area contributed by atoms with Crippen LogP contribution < -0.4 is 5.32 Å². The molecule has 1 heterocycles. The van der Waals surface area contributed by atoms with E-state index in [1.54, 1.807) is 18.4 Å². The van der Waals surface area contributed by atoms with Crippen molar-refractivity contribution in [1.82, 2.24) is 10.3 Å². The third-order valence-electron chi connectivity index (χ3n) is 2.15. The summed E-state index contributed by atoms with van der Waals surface area (Å²) < 4.78 is 33.6. The molecule has 1 aromatic heterocycles. The average Bonchev–Trinajstić information content (AvgIpc) is 2.68. The SMILES string of the molecule is CNCc1sc(CCOCC(F)F)nc1COC. The molecule has 0 spiro atoms. The quantitative estimate of drug-likeness (QED) is 0.701. The van der Waals surface area contributed by atoms with Gasteiger partial charge >= 0.3 is 0 Å². The number of halogens is 2. The Morgan fingerprint density at radius 2 is 2.22 bits per heavy atom. The zero-order valence-electron chi connectivity index (χ0n) is 10.5. The fourth-order valence-corrected chi connectivity index (χ4v) is 2.49. The summed E-state index contributed by atoms with van der Waals surface area (Å²) in [6.07, 6.45) is -1.86. The first-order chi connectivity index (χ1) is 8.67. The Balaban J connectivity index is 2.47. The average molecular weight is 280 g/mol. The molecule has 1 N–H and O–H groups in total. The van der Waals surface area contributed by atoms with E-state index in [0.717, 1.165) is 22.1 Å². The van der Waals surface area contributed by atoms with Crippen LogP contribution in [0.4, 0.5) is 8.78 Å². The van der Waals surface area contributed by atoms with Crippen molar-refractivity contribution in [2.45, 2.75) is 26.0 Å². The Morgan fingerprint density at radius 1 is 1.44 bits per heavy atom. The van der Waals surface area contributed by atoms with Crippen molar-refractivity contribution in [2.75, 3.05) is 27.4 Å². The molecule has 0 aromatic carbocycles. The maximum Gasteiger partial charge on any atom is 0.261 e. The normalized spacial score (nSPS) is 11.4. The zero-order valence-corrected chi connectivity index (χ0v) is 11.4. The summed E-state index contributed by atoms with van der Waals surface area (Å²) in [6, 6.07) is 0.